The monoisotopic (exact) mass is 267 g/mol. The van der Waals surface area contributed by atoms with Gasteiger partial charge in [-0.15, -0.1) is 0 Å². The molecule has 3 heteroatoms. The molecule has 0 aliphatic rings. The third-order valence-electron chi connectivity index (χ3n) is 3.19. The van der Waals surface area contributed by atoms with E-state index < -0.39 is 0 Å². The Morgan fingerprint density at radius 2 is 1.75 bits per heavy atom. The highest BCUT2D eigenvalue weighted by atomic mass is 16.5. The zero-order chi connectivity index (χ0) is 14.2. The van der Waals surface area contributed by atoms with E-state index in [9.17, 15) is 0 Å². The lowest BCUT2D eigenvalue weighted by Crippen LogP contribution is -1.87. The van der Waals surface area contributed by atoms with Gasteiger partial charge in [-0.1, -0.05) is 44.0 Å². The second-order valence-corrected chi connectivity index (χ2v) is 4.77. The molecule has 0 unspecified atom stereocenters. The van der Waals surface area contributed by atoms with Gasteiger partial charge in [0.05, 0.1) is 0 Å². The first-order valence-corrected chi connectivity index (χ1v) is 7.04. The highest BCUT2D eigenvalue weighted by Gasteiger charge is 2.14. The van der Waals surface area contributed by atoms with E-state index in [1.807, 2.05) is 18.2 Å². The number of benzene rings is 2. The number of hydrogen-bond donors (Lipinski definition) is 0. The standard InChI is InChI=1S/C17H19N2O/c1-2-3-4-7-14-10-12-15(13-11-14)20-17-9-6-5-8-16(17)19-18/h5-6,8-13H,2-4,7H2,1H3/q+1. The fraction of sp³-hybridized carbons (Fsp3) is 0.294. The molecule has 0 bridgehead atoms. The molecular formula is C17H19N2O+. The number of hydrogen-bond acceptors (Lipinski definition) is 2. The van der Waals surface area contributed by atoms with Crippen molar-refractivity contribution in [3.8, 4) is 11.5 Å². The Labute approximate surface area is 119 Å². The van der Waals surface area contributed by atoms with Crippen LogP contribution in [0.2, 0.25) is 0 Å². The van der Waals surface area contributed by atoms with E-state index in [0.29, 0.717) is 11.4 Å². The third kappa shape index (κ3) is 3.83. The zero-order valence-electron chi connectivity index (χ0n) is 11.7. The van der Waals surface area contributed by atoms with Gasteiger partial charge in [0.1, 0.15) is 5.75 Å². The molecule has 0 heterocycles. The molecule has 0 saturated carbocycles. The van der Waals surface area contributed by atoms with E-state index in [-0.39, 0.29) is 0 Å². The van der Waals surface area contributed by atoms with Gasteiger partial charge in [-0.2, -0.15) is 0 Å². The van der Waals surface area contributed by atoms with Crippen LogP contribution >= 0.6 is 0 Å². The number of nitrogens with zero attached hydrogens (tertiary/aromatic N) is 2. The fourth-order valence-corrected chi connectivity index (χ4v) is 2.06. The number of diazo groups is 1. The molecule has 0 fully saturated rings. The first kappa shape index (κ1) is 14.1. The third-order valence-corrected chi connectivity index (χ3v) is 3.19. The van der Waals surface area contributed by atoms with Gasteiger partial charge in [0.25, 0.3) is 0 Å². The van der Waals surface area contributed by atoms with Crippen LogP contribution in [0, 0.1) is 5.39 Å². The van der Waals surface area contributed by atoms with Gasteiger partial charge in [-0.3, -0.25) is 0 Å². The molecular weight excluding hydrogens is 248 g/mol. The number of unbranched alkanes of at least 4 members (excludes halogenated alkanes) is 2. The van der Waals surface area contributed by atoms with Crippen LogP contribution in [0.5, 0.6) is 11.5 Å². The normalized spacial score (nSPS) is 10.0. The minimum absolute atomic E-state index is 0.430. The highest BCUT2D eigenvalue weighted by molar-refractivity contribution is 5.57. The van der Waals surface area contributed by atoms with Crippen LogP contribution in [-0.4, -0.2) is 0 Å². The average molecular weight is 267 g/mol. The van der Waals surface area contributed by atoms with Gasteiger partial charge in [0.2, 0.25) is 11.1 Å². The van der Waals surface area contributed by atoms with E-state index in [2.05, 4.69) is 24.0 Å². The van der Waals surface area contributed by atoms with Crippen LogP contribution in [0.25, 0.3) is 4.98 Å². The molecule has 0 N–H and O–H groups in total. The number of rotatable bonds is 6. The molecule has 2 rings (SSSR count). The van der Waals surface area contributed by atoms with Gasteiger partial charge in [0, 0.05) is 6.07 Å². The Balaban J connectivity index is 2.02. The van der Waals surface area contributed by atoms with Crippen molar-refractivity contribution in [2.45, 2.75) is 32.6 Å². The first-order chi connectivity index (χ1) is 9.83. The van der Waals surface area contributed by atoms with Crippen LogP contribution in [-0.2, 0) is 6.42 Å². The molecule has 0 amide bonds. The molecule has 102 valence electrons. The van der Waals surface area contributed by atoms with E-state index in [1.54, 1.807) is 18.2 Å². The van der Waals surface area contributed by atoms with Crippen LogP contribution < -0.4 is 4.74 Å². The second-order valence-electron chi connectivity index (χ2n) is 4.77. The molecule has 20 heavy (non-hydrogen) atoms. The Morgan fingerprint density at radius 1 is 1.00 bits per heavy atom. The summed E-state index contributed by atoms with van der Waals surface area (Å²) < 4.78 is 5.73. The average Bonchev–Trinajstić information content (AvgIpc) is 2.50. The minimum atomic E-state index is 0.430. The Kier molecular flexibility index (Phi) is 5.14. The van der Waals surface area contributed by atoms with Gasteiger partial charge in [0.15, 0.2) is 4.98 Å². The quantitative estimate of drug-likeness (QED) is 0.497. The number of ether oxygens (including phenoxy) is 1. The van der Waals surface area contributed by atoms with E-state index in [4.69, 9.17) is 10.1 Å². The van der Waals surface area contributed by atoms with Crippen molar-refractivity contribution in [2.75, 3.05) is 0 Å². The lowest BCUT2D eigenvalue weighted by molar-refractivity contribution is 0.485. The minimum Gasteiger partial charge on any atom is -0.449 e. The molecule has 0 aliphatic heterocycles. The predicted octanol–water partition coefficient (Wildman–Crippen LogP) is 5.70. The summed E-state index contributed by atoms with van der Waals surface area (Å²) in [4.78, 5) is 3.21. The molecule has 0 atom stereocenters. The molecule has 3 nitrogen and oxygen atoms in total. The number of para-hydroxylation sites is 1. The lowest BCUT2D eigenvalue weighted by Gasteiger charge is -2.05. The highest BCUT2D eigenvalue weighted by Crippen LogP contribution is 2.31. The summed E-state index contributed by atoms with van der Waals surface area (Å²) >= 11 is 0. The van der Waals surface area contributed by atoms with Crippen molar-refractivity contribution >= 4 is 5.69 Å². The summed E-state index contributed by atoms with van der Waals surface area (Å²) in [5, 5.41) is 8.91. The van der Waals surface area contributed by atoms with Gasteiger partial charge >= 0.3 is 5.69 Å². The van der Waals surface area contributed by atoms with Crippen molar-refractivity contribution < 1.29 is 4.74 Å². The summed E-state index contributed by atoms with van der Waals surface area (Å²) in [5.41, 5.74) is 1.76. The molecule has 2 aromatic carbocycles. The lowest BCUT2D eigenvalue weighted by atomic mass is 10.1. The van der Waals surface area contributed by atoms with Gasteiger partial charge in [-0.25, -0.2) is 0 Å². The smallest absolute Gasteiger partial charge is 0.426 e. The molecule has 0 radical (unpaired) electrons. The number of aryl methyl sites for hydroxylation is 1. The molecule has 0 aromatic heterocycles. The van der Waals surface area contributed by atoms with Crippen LogP contribution in [0.4, 0.5) is 5.69 Å². The summed E-state index contributed by atoms with van der Waals surface area (Å²) in [6.45, 7) is 2.21. The van der Waals surface area contributed by atoms with Gasteiger partial charge < -0.3 is 4.74 Å². The van der Waals surface area contributed by atoms with Crippen molar-refractivity contribution in [1.29, 1.82) is 5.39 Å². The largest absolute Gasteiger partial charge is 0.449 e. The molecule has 0 aliphatic carbocycles. The van der Waals surface area contributed by atoms with Gasteiger partial charge in [-0.05, 0) is 36.6 Å². The van der Waals surface area contributed by atoms with E-state index >= 15 is 0 Å². The predicted molar refractivity (Wildman–Crippen MR) is 80.9 cm³/mol. The Bertz CT molecular complexity index is 585. The summed E-state index contributed by atoms with van der Waals surface area (Å²) in [7, 11) is 0. The maximum Gasteiger partial charge on any atom is 0.426 e. The van der Waals surface area contributed by atoms with Crippen molar-refractivity contribution in [3.63, 3.8) is 0 Å². The molecule has 0 spiro atoms. The van der Waals surface area contributed by atoms with Crippen LogP contribution in [0.15, 0.2) is 48.5 Å². The van der Waals surface area contributed by atoms with E-state index in [1.165, 1.54) is 24.8 Å². The van der Waals surface area contributed by atoms with Crippen LogP contribution in [0.3, 0.4) is 0 Å². The summed E-state index contributed by atoms with van der Waals surface area (Å²) in [6.07, 6.45) is 4.84. The summed E-state index contributed by atoms with van der Waals surface area (Å²) in [5.74, 6) is 1.30. The molecule has 2 aromatic rings. The molecule has 0 saturated heterocycles. The second kappa shape index (κ2) is 7.30. The summed E-state index contributed by atoms with van der Waals surface area (Å²) in [6, 6.07) is 15.2. The maximum absolute atomic E-state index is 8.91. The van der Waals surface area contributed by atoms with Crippen molar-refractivity contribution in [2.24, 2.45) is 0 Å². The SMILES string of the molecule is CCCCCc1ccc(Oc2ccccc2[N+]#N)cc1. The topological polar surface area (TPSA) is 37.4 Å². The van der Waals surface area contributed by atoms with Crippen molar-refractivity contribution in [3.05, 3.63) is 59.1 Å². The maximum atomic E-state index is 8.91. The van der Waals surface area contributed by atoms with Crippen LogP contribution in [0.1, 0.15) is 31.7 Å². The zero-order valence-corrected chi connectivity index (χ0v) is 11.7. The first-order valence-electron chi connectivity index (χ1n) is 7.04. The van der Waals surface area contributed by atoms with Crippen molar-refractivity contribution in [1.82, 2.24) is 0 Å². The Hall–Kier alpha value is -2.34. The Morgan fingerprint density at radius 3 is 2.45 bits per heavy atom. The fourth-order valence-electron chi connectivity index (χ4n) is 2.06. The van der Waals surface area contributed by atoms with E-state index in [0.717, 1.165) is 12.2 Å².